The Morgan fingerprint density at radius 2 is 2.38 bits per heavy atom. The van der Waals surface area contributed by atoms with Crippen molar-refractivity contribution in [2.45, 2.75) is 37.8 Å². The highest BCUT2D eigenvalue weighted by Gasteiger charge is 2.37. The third kappa shape index (κ3) is 1.87. The fourth-order valence-electron chi connectivity index (χ4n) is 2.45. The van der Waals surface area contributed by atoms with E-state index in [2.05, 4.69) is 11.8 Å². The van der Waals surface area contributed by atoms with Crippen LogP contribution in [-0.2, 0) is 4.74 Å². The van der Waals surface area contributed by atoms with Crippen molar-refractivity contribution >= 4 is 0 Å². The first kappa shape index (κ1) is 9.44. The van der Waals surface area contributed by atoms with E-state index in [1.54, 1.807) is 0 Å². The SMILES string of the molecule is CC1(N2CCC(N)C2)CCCOC1. The van der Waals surface area contributed by atoms with Gasteiger partial charge < -0.3 is 10.5 Å². The number of likely N-dealkylation sites (tertiary alicyclic amines) is 1. The summed E-state index contributed by atoms with van der Waals surface area (Å²) in [7, 11) is 0. The van der Waals surface area contributed by atoms with Gasteiger partial charge >= 0.3 is 0 Å². The van der Waals surface area contributed by atoms with Crippen molar-refractivity contribution in [1.29, 1.82) is 0 Å². The lowest BCUT2D eigenvalue weighted by Crippen LogP contribution is -2.51. The van der Waals surface area contributed by atoms with E-state index in [4.69, 9.17) is 10.5 Å². The van der Waals surface area contributed by atoms with Crippen molar-refractivity contribution in [3.63, 3.8) is 0 Å². The first-order chi connectivity index (χ1) is 6.21. The molecular formula is C10H20N2O. The standard InChI is InChI=1S/C10H20N2O/c1-10(4-2-6-13-8-10)12-5-3-9(11)7-12/h9H,2-8,11H2,1H3. The molecule has 76 valence electrons. The van der Waals surface area contributed by atoms with Crippen molar-refractivity contribution in [1.82, 2.24) is 4.90 Å². The van der Waals surface area contributed by atoms with E-state index < -0.39 is 0 Å². The Bertz CT molecular complexity index is 178. The minimum absolute atomic E-state index is 0.270. The lowest BCUT2D eigenvalue weighted by molar-refractivity contribution is -0.0304. The smallest absolute Gasteiger partial charge is 0.0647 e. The maximum Gasteiger partial charge on any atom is 0.0647 e. The van der Waals surface area contributed by atoms with E-state index in [9.17, 15) is 0 Å². The van der Waals surface area contributed by atoms with Crippen LogP contribution in [0.25, 0.3) is 0 Å². The van der Waals surface area contributed by atoms with Crippen molar-refractivity contribution in [3.8, 4) is 0 Å². The highest BCUT2D eigenvalue weighted by molar-refractivity contribution is 4.93. The Labute approximate surface area is 80.2 Å². The van der Waals surface area contributed by atoms with Gasteiger partial charge in [0.05, 0.1) is 6.61 Å². The summed E-state index contributed by atoms with van der Waals surface area (Å²) in [5, 5.41) is 0. The van der Waals surface area contributed by atoms with Crippen LogP contribution in [-0.4, -0.2) is 42.8 Å². The topological polar surface area (TPSA) is 38.5 Å². The Hall–Kier alpha value is -0.120. The molecule has 0 aliphatic carbocycles. The zero-order valence-electron chi connectivity index (χ0n) is 8.46. The molecule has 2 rings (SSSR count). The van der Waals surface area contributed by atoms with E-state index in [1.807, 2.05) is 0 Å². The average Bonchev–Trinajstić information content (AvgIpc) is 2.54. The molecule has 2 N–H and O–H groups in total. The van der Waals surface area contributed by atoms with E-state index in [1.165, 1.54) is 12.8 Å². The van der Waals surface area contributed by atoms with Gasteiger partial charge in [-0.15, -0.1) is 0 Å². The van der Waals surface area contributed by atoms with Crippen molar-refractivity contribution in [2.24, 2.45) is 5.73 Å². The van der Waals surface area contributed by atoms with E-state index in [0.717, 1.165) is 32.7 Å². The second kappa shape index (κ2) is 3.56. The van der Waals surface area contributed by atoms with E-state index in [-0.39, 0.29) is 5.54 Å². The molecule has 0 bridgehead atoms. The van der Waals surface area contributed by atoms with Crippen LogP contribution in [0.5, 0.6) is 0 Å². The van der Waals surface area contributed by atoms with E-state index in [0.29, 0.717) is 6.04 Å². The van der Waals surface area contributed by atoms with Gasteiger partial charge in [0.2, 0.25) is 0 Å². The minimum atomic E-state index is 0.270. The largest absolute Gasteiger partial charge is 0.380 e. The molecule has 0 amide bonds. The first-order valence-corrected chi connectivity index (χ1v) is 5.29. The third-order valence-electron chi connectivity index (χ3n) is 3.41. The van der Waals surface area contributed by atoms with Crippen LogP contribution < -0.4 is 5.73 Å². The van der Waals surface area contributed by atoms with Gasteiger partial charge in [-0.25, -0.2) is 0 Å². The summed E-state index contributed by atoms with van der Waals surface area (Å²) >= 11 is 0. The van der Waals surface area contributed by atoms with Crippen molar-refractivity contribution < 1.29 is 4.74 Å². The molecule has 2 atom stereocenters. The summed E-state index contributed by atoms with van der Waals surface area (Å²) in [5.41, 5.74) is 6.18. The molecule has 2 saturated heterocycles. The van der Waals surface area contributed by atoms with Crippen LogP contribution in [0.1, 0.15) is 26.2 Å². The number of nitrogens with two attached hydrogens (primary N) is 1. The molecule has 0 saturated carbocycles. The molecule has 0 aromatic carbocycles. The number of hydrogen-bond acceptors (Lipinski definition) is 3. The summed E-state index contributed by atoms with van der Waals surface area (Å²) in [6, 6.07) is 0.388. The summed E-state index contributed by atoms with van der Waals surface area (Å²) in [6.45, 7) is 6.35. The third-order valence-corrected chi connectivity index (χ3v) is 3.41. The Balaban J connectivity index is 1.97. The predicted octanol–water partition coefficient (Wildman–Crippen LogP) is 0.588. The second-order valence-corrected chi connectivity index (χ2v) is 4.65. The summed E-state index contributed by atoms with van der Waals surface area (Å²) in [6.07, 6.45) is 3.61. The zero-order valence-corrected chi connectivity index (χ0v) is 8.46. The van der Waals surface area contributed by atoms with Gasteiger partial charge in [-0.05, 0) is 26.2 Å². The summed E-state index contributed by atoms with van der Waals surface area (Å²) < 4.78 is 5.55. The molecule has 0 aromatic rings. The fraction of sp³-hybridized carbons (Fsp3) is 1.00. The average molecular weight is 184 g/mol. The Morgan fingerprint density at radius 1 is 1.54 bits per heavy atom. The van der Waals surface area contributed by atoms with Gasteiger partial charge in [-0.3, -0.25) is 4.90 Å². The maximum atomic E-state index is 5.91. The van der Waals surface area contributed by atoms with Crippen LogP contribution in [0.4, 0.5) is 0 Å². The van der Waals surface area contributed by atoms with Crippen LogP contribution >= 0.6 is 0 Å². The molecule has 2 aliphatic heterocycles. The molecule has 0 spiro atoms. The highest BCUT2D eigenvalue weighted by atomic mass is 16.5. The van der Waals surface area contributed by atoms with Crippen LogP contribution in [0, 0.1) is 0 Å². The van der Waals surface area contributed by atoms with Gasteiger partial charge in [0.25, 0.3) is 0 Å². The molecule has 3 nitrogen and oxygen atoms in total. The van der Waals surface area contributed by atoms with Crippen molar-refractivity contribution in [2.75, 3.05) is 26.3 Å². The van der Waals surface area contributed by atoms with Gasteiger partial charge in [-0.2, -0.15) is 0 Å². The number of nitrogens with zero attached hydrogens (tertiary/aromatic N) is 1. The van der Waals surface area contributed by atoms with Crippen LogP contribution in [0.2, 0.25) is 0 Å². The van der Waals surface area contributed by atoms with Gasteiger partial charge in [0.1, 0.15) is 0 Å². The highest BCUT2D eigenvalue weighted by Crippen LogP contribution is 2.28. The fourth-order valence-corrected chi connectivity index (χ4v) is 2.45. The normalized spacial score (nSPS) is 42.5. The number of rotatable bonds is 1. The minimum Gasteiger partial charge on any atom is -0.380 e. The van der Waals surface area contributed by atoms with E-state index >= 15 is 0 Å². The van der Waals surface area contributed by atoms with Gasteiger partial charge in [0, 0.05) is 31.3 Å². The summed E-state index contributed by atoms with van der Waals surface area (Å²) in [4.78, 5) is 2.51. The van der Waals surface area contributed by atoms with Crippen molar-refractivity contribution in [3.05, 3.63) is 0 Å². The molecular weight excluding hydrogens is 164 g/mol. The molecule has 2 fully saturated rings. The lowest BCUT2D eigenvalue weighted by atomic mass is 9.93. The predicted molar refractivity (Wildman–Crippen MR) is 52.6 cm³/mol. The second-order valence-electron chi connectivity index (χ2n) is 4.65. The Morgan fingerprint density at radius 3 is 2.92 bits per heavy atom. The lowest BCUT2D eigenvalue weighted by Gasteiger charge is -2.41. The molecule has 2 heterocycles. The molecule has 2 unspecified atom stereocenters. The number of hydrogen-bond donors (Lipinski definition) is 1. The quantitative estimate of drug-likeness (QED) is 0.648. The monoisotopic (exact) mass is 184 g/mol. The Kier molecular flexibility index (Phi) is 2.58. The van der Waals surface area contributed by atoms with Gasteiger partial charge in [-0.1, -0.05) is 0 Å². The molecule has 0 radical (unpaired) electrons. The molecule has 3 heteroatoms. The molecule has 2 aliphatic rings. The maximum absolute atomic E-state index is 5.91. The molecule has 13 heavy (non-hydrogen) atoms. The van der Waals surface area contributed by atoms with Crippen LogP contribution in [0.15, 0.2) is 0 Å². The molecule has 0 aromatic heterocycles. The first-order valence-electron chi connectivity index (χ1n) is 5.29. The zero-order chi connectivity index (χ0) is 9.31. The van der Waals surface area contributed by atoms with Gasteiger partial charge in [0.15, 0.2) is 0 Å². The summed E-state index contributed by atoms with van der Waals surface area (Å²) in [5.74, 6) is 0. The van der Waals surface area contributed by atoms with Crippen LogP contribution in [0.3, 0.4) is 0 Å². The number of ether oxygens (including phenoxy) is 1.